The topological polar surface area (TPSA) is 75.7 Å². The monoisotopic (exact) mass is 472 g/mol. The van der Waals surface area contributed by atoms with Gasteiger partial charge in [0.25, 0.3) is 15.9 Å². The van der Waals surface area contributed by atoms with Crippen molar-refractivity contribution in [3.05, 3.63) is 120 Å². The SMILES string of the molecule is COc1cccc(NC(=O)c2cccc(S(=O)(=O)N(Cc3ccccc3)c3ccccc3)c2)c1. The summed E-state index contributed by atoms with van der Waals surface area (Å²) in [6.45, 7) is 0.160. The molecule has 0 radical (unpaired) electrons. The van der Waals surface area contributed by atoms with E-state index in [0.29, 0.717) is 17.1 Å². The first-order valence-electron chi connectivity index (χ1n) is 10.6. The van der Waals surface area contributed by atoms with E-state index in [2.05, 4.69) is 5.32 Å². The lowest BCUT2D eigenvalue weighted by atomic mass is 10.2. The summed E-state index contributed by atoms with van der Waals surface area (Å²) in [5, 5.41) is 2.78. The van der Waals surface area contributed by atoms with Crippen molar-refractivity contribution in [1.29, 1.82) is 0 Å². The number of hydrogen-bond donors (Lipinski definition) is 1. The number of sulfonamides is 1. The number of anilines is 2. The molecule has 4 aromatic rings. The average Bonchev–Trinajstić information content (AvgIpc) is 2.88. The van der Waals surface area contributed by atoms with Gasteiger partial charge in [0.1, 0.15) is 5.75 Å². The summed E-state index contributed by atoms with van der Waals surface area (Å²) in [6.07, 6.45) is 0. The largest absolute Gasteiger partial charge is 0.497 e. The molecule has 0 heterocycles. The van der Waals surface area contributed by atoms with E-state index in [9.17, 15) is 13.2 Å². The van der Waals surface area contributed by atoms with Crippen molar-refractivity contribution >= 4 is 27.3 Å². The van der Waals surface area contributed by atoms with E-state index in [-0.39, 0.29) is 17.0 Å². The van der Waals surface area contributed by atoms with E-state index >= 15 is 0 Å². The minimum atomic E-state index is -3.96. The molecule has 0 aliphatic carbocycles. The Kier molecular flexibility index (Phi) is 6.94. The molecule has 1 amide bonds. The number of ether oxygens (including phenoxy) is 1. The van der Waals surface area contributed by atoms with Crippen LogP contribution >= 0.6 is 0 Å². The maximum atomic E-state index is 13.7. The molecule has 0 unspecified atom stereocenters. The molecule has 4 aromatic carbocycles. The van der Waals surface area contributed by atoms with Gasteiger partial charge in [-0.15, -0.1) is 0 Å². The fourth-order valence-electron chi connectivity index (χ4n) is 3.49. The van der Waals surface area contributed by atoms with Crippen LogP contribution in [-0.4, -0.2) is 21.4 Å². The predicted octanol–water partition coefficient (Wildman–Crippen LogP) is 5.34. The molecule has 0 aliphatic heterocycles. The van der Waals surface area contributed by atoms with Gasteiger partial charge < -0.3 is 10.1 Å². The zero-order valence-electron chi connectivity index (χ0n) is 18.6. The first-order chi connectivity index (χ1) is 16.5. The molecule has 0 aliphatic rings. The van der Waals surface area contributed by atoms with Gasteiger partial charge in [-0.1, -0.05) is 60.7 Å². The molecule has 34 heavy (non-hydrogen) atoms. The average molecular weight is 473 g/mol. The van der Waals surface area contributed by atoms with Crippen LogP contribution in [0.2, 0.25) is 0 Å². The highest BCUT2D eigenvalue weighted by Gasteiger charge is 2.26. The Morgan fingerprint density at radius 2 is 1.50 bits per heavy atom. The van der Waals surface area contributed by atoms with E-state index < -0.39 is 15.9 Å². The van der Waals surface area contributed by atoms with Crippen molar-refractivity contribution in [3.8, 4) is 5.75 Å². The fraction of sp³-hybridized carbons (Fsp3) is 0.0741. The van der Waals surface area contributed by atoms with Crippen LogP contribution in [0.15, 0.2) is 114 Å². The van der Waals surface area contributed by atoms with Crippen molar-refractivity contribution in [2.75, 3.05) is 16.7 Å². The summed E-state index contributed by atoms with van der Waals surface area (Å²) in [7, 11) is -2.41. The van der Waals surface area contributed by atoms with Crippen LogP contribution in [0.5, 0.6) is 5.75 Å². The maximum absolute atomic E-state index is 13.7. The Morgan fingerprint density at radius 3 is 2.21 bits per heavy atom. The minimum Gasteiger partial charge on any atom is -0.497 e. The summed E-state index contributed by atoms with van der Waals surface area (Å²) in [4.78, 5) is 12.9. The van der Waals surface area contributed by atoms with Gasteiger partial charge in [-0.05, 0) is 48.0 Å². The second-order valence-corrected chi connectivity index (χ2v) is 9.41. The van der Waals surface area contributed by atoms with Crippen LogP contribution in [0.25, 0.3) is 0 Å². The molecule has 0 saturated carbocycles. The highest BCUT2D eigenvalue weighted by atomic mass is 32.2. The van der Waals surface area contributed by atoms with Crippen molar-refractivity contribution in [2.24, 2.45) is 0 Å². The summed E-state index contributed by atoms with van der Waals surface area (Å²) < 4.78 is 34.0. The Morgan fingerprint density at radius 1 is 0.824 bits per heavy atom. The molecular weight excluding hydrogens is 448 g/mol. The molecule has 0 spiro atoms. The van der Waals surface area contributed by atoms with Gasteiger partial charge in [-0.3, -0.25) is 9.10 Å². The number of nitrogens with zero attached hydrogens (tertiary/aromatic N) is 1. The Hall–Kier alpha value is -4.10. The van der Waals surface area contributed by atoms with Crippen molar-refractivity contribution < 1.29 is 17.9 Å². The Bertz CT molecular complexity index is 1370. The normalized spacial score (nSPS) is 11.0. The number of para-hydroxylation sites is 1. The van der Waals surface area contributed by atoms with Crippen LogP contribution in [0.1, 0.15) is 15.9 Å². The standard InChI is InChI=1S/C27H24N2O4S/c1-33-25-16-9-13-23(19-25)28-27(30)22-12-8-17-26(18-22)34(31,32)29(24-14-6-3-7-15-24)20-21-10-4-2-5-11-21/h2-19H,20H2,1H3,(H,28,30). The molecule has 0 aromatic heterocycles. The number of benzene rings is 4. The molecule has 172 valence electrons. The van der Waals surface area contributed by atoms with Gasteiger partial charge in [0.05, 0.1) is 24.2 Å². The van der Waals surface area contributed by atoms with Gasteiger partial charge >= 0.3 is 0 Å². The summed E-state index contributed by atoms with van der Waals surface area (Å²) in [5.74, 6) is 0.188. The first-order valence-corrected chi connectivity index (χ1v) is 12.1. The smallest absolute Gasteiger partial charge is 0.264 e. The number of amides is 1. The van der Waals surface area contributed by atoms with E-state index in [1.165, 1.54) is 16.4 Å². The van der Waals surface area contributed by atoms with Crippen LogP contribution in [0, 0.1) is 0 Å². The number of hydrogen-bond acceptors (Lipinski definition) is 4. The maximum Gasteiger partial charge on any atom is 0.264 e. The minimum absolute atomic E-state index is 0.0329. The van der Waals surface area contributed by atoms with E-state index in [1.807, 2.05) is 36.4 Å². The number of nitrogens with one attached hydrogen (secondary N) is 1. The third-order valence-electron chi connectivity index (χ3n) is 5.23. The summed E-state index contributed by atoms with van der Waals surface area (Å²) in [6, 6.07) is 31.3. The lowest BCUT2D eigenvalue weighted by Gasteiger charge is -2.25. The zero-order chi connectivity index (χ0) is 24.0. The zero-order valence-corrected chi connectivity index (χ0v) is 19.4. The van der Waals surface area contributed by atoms with Crippen LogP contribution in [-0.2, 0) is 16.6 Å². The van der Waals surface area contributed by atoms with Gasteiger partial charge in [-0.25, -0.2) is 8.42 Å². The molecule has 4 rings (SSSR count). The van der Waals surface area contributed by atoms with Gasteiger partial charge in [0.2, 0.25) is 0 Å². The van der Waals surface area contributed by atoms with Gasteiger partial charge in [0, 0.05) is 17.3 Å². The highest BCUT2D eigenvalue weighted by Crippen LogP contribution is 2.27. The third-order valence-corrected chi connectivity index (χ3v) is 6.99. The molecule has 0 fully saturated rings. The molecular formula is C27H24N2O4S. The Balaban J connectivity index is 1.66. The van der Waals surface area contributed by atoms with Crippen molar-refractivity contribution in [1.82, 2.24) is 0 Å². The van der Waals surface area contributed by atoms with Crippen molar-refractivity contribution in [3.63, 3.8) is 0 Å². The molecule has 1 N–H and O–H groups in total. The quantitative estimate of drug-likeness (QED) is 0.375. The third kappa shape index (κ3) is 5.27. The number of methoxy groups -OCH3 is 1. The number of rotatable bonds is 8. The summed E-state index contributed by atoms with van der Waals surface area (Å²) in [5.41, 5.74) is 2.17. The van der Waals surface area contributed by atoms with E-state index in [4.69, 9.17) is 4.74 Å². The molecule has 6 nitrogen and oxygen atoms in total. The van der Waals surface area contributed by atoms with Crippen molar-refractivity contribution in [2.45, 2.75) is 11.4 Å². The van der Waals surface area contributed by atoms with E-state index in [0.717, 1.165) is 5.56 Å². The van der Waals surface area contributed by atoms with Gasteiger partial charge in [0.15, 0.2) is 0 Å². The predicted molar refractivity (Wildman–Crippen MR) is 134 cm³/mol. The molecule has 0 atom stereocenters. The summed E-state index contributed by atoms with van der Waals surface area (Å²) >= 11 is 0. The van der Waals surface area contributed by atoms with E-state index in [1.54, 1.807) is 67.8 Å². The molecule has 0 bridgehead atoms. The lowest BCUT2D eigenvalue weighted by Crippen LogP contribution is -2.30. The number of carbonyl (C=O) groups excluding carboxylic acids is 1. The first kappa shape index (κ1) is 23.1. The fourth-order valence-corrected chi connectivity index (χ4v) is 4.99. The highest BCUT2D eigenvalue weighted by molar-refractivity contribution is 7.92. The number of carbonyl (C=O) groups is 1. The van der Waals surface area contributed by atoms with Crippen LogP contribution in [0.4, 0.5) is 11.4 Å². The second-order valence-electron chi connectivity index (χ2n) is 7.55. The van der Waals surface area contributed by atoms with Crippen LogP contribution in [0.3, 0.4) is 0 Å². The van der Waals surface area contributed by atoms with Crippen LogP contribution < -0.4 is 14.4 Å². The molecule has 7 heteroatoms. The lowest BCUT2D eigenvalue weighted by molar-refractivity contribution is 0.102. The van der Waals surface area contributed by atoms with Gasteiger partial charge in [-0.2, -0.15) is 0 Å². The second kappa shape index (κ2) is 10.2. The molecule has 0 saturated heterocycles. The Labute approximate surface area is 199 Å².